The van der Waals surface area contributed by atoms with E-state index < -0.39 is 0 Å². The summed E-state index contributed by atoms with van der Waals surface area (Å²) in [7, 11) is 1.39. The zero-order valence-electron chi connectivity index (χ0n) is 17.4. The molecular weight excluding hydrogens is 324 g/mol. The highest BCUT2D eigenvalue weighted by Crippen LogP contribution is 2.10. The summed E-state index contributed by atoms with van der Waals surface area (Å²) in [6.07, 6.45) is 4.78. The van der Waals surface area contributed by atoms with Crippen LogP contribution in [-0.2, 0) is 22.5 Å². The van der Waals surface area contributed by atoms with Gasteiger partial charge >= 0.3 is 5.97 Å². The highest BCUT2D eigenvalue weighted by atomic mass is 16.5. The Morgan fingerprint density at radius 2 is 1.62 bits per heavy atom. The van der Waals surface area contributed by atoms with Crippen molar-refractivity contribution in [2.24, 2.45) is 0 Å². The maximum atomic E-state index is 11.1. The largest absolute Gasteiger partial charge is 0.468 e. The van der Waals surface area contributed by atoms with Gasteiger partial charge in [0.2, 0.25) is 0 Å². The van der Waals surface area contributed by atoms with Crippen LogP contribution in [-0.4, -0.2) is 44.2 Å². The second kappa shape index (κ2) is 19.4. The molecule has 0 aromatic heterocycles. The molecule has 0 bridgehead atoms. The van der Waals surface area contributed by atoms with Crippen LogP contribution in [0.4, 0.5) is 0 Å². The number of ether oxygens (including phenoxy) is 1. The van der Waals surface area contributed by atoms with Crippen LogP contribution in [0.15, 0.2) is 49.6 Å². The van der Waals surface area contributed by atoms with E-state index in [2.05, 4.69) is 40.2 Å². The monoisotopic (exact) mass is 362 g/mol. The molecule has 0 fully saturated rings. The SMILES string of the molecule is C=CCN(CC=C)CCc1ccccc1CNCC(=O)OC.CC.CC. The van der Waals surface area contributed by atoms with E-state index in [1.54, 1.807) is 0 Å². The fourth-order valence-corrected chi connectivity index (χ4v) is 2.25. The predicted molar refractivity (Wildman–Crippen MR) is 113 cm³/mol. The molecular formula is C22H38N2O2. The molecule has 1 N–H and O–H groups in total. The van der Waals surface area contributed by atoms with E-state index in [9.17, 15) is 4.79 Å². The van der Waals surface area contributed by atoms with Crippen molar-refractivity contribution in [3.8, 4) is 0 Å². The van der Waals surface area contributed by atoms with Crippen LogP contribution < -0.4 is 5.32 Å². The molecule has 0 aliphatic heterocycles. The molecule has 0 saturated carbocycles. The molecule has 0 unspecified atom stereocenters. The fraction of sp³-hybridized carbons (Fsp3) is 0.500. The summed E-state index contributed by atoms with van der Waals surface area (Å²) in [5.41, 5.74) is 2.50. The van der Waals surface area contributed by atoms with Crippen molar-refractivity contribution >= 4 is 5.97 Å². The van der Waals surface area contributed by atoms with Gasteiger partial charge < -0.3 is 10.1 Å². The fourth-order valence-electron chi connectivity index (χ4n) is 2.25. The van der Waals surface area contributed by atoms with Gasteiger partial charge in [-0.25, -0.2) is 0 Å². The van der Waals surface area contributed by atoms with Gasteiger partial charge in [-0.3, -0.25) is 9.69 Å². The average Bonchev–Trinajstić information content (AvgIpc) is 2.70. The predicted octanol–water partition coefficient (Wildman–Crippen LogP) is 4.22. The number of carbonyl (C=O) groups excluding carboxylic acids is 1. The Morgan fingerprint density at radius 3 is 2.12 bits per heavy atom. The Bertz CT molecular complexity index is 477. The van der Waals surface area contributed by atoms with E-state index in [4.69, 9.17) is 0 Å². The zero-order valence-corrected chi connectivity index (χ0v) is 17.4. The number of hydrogen-bond donors (Lipinski definition) is 1. The summed E-state index contributed by atoms with van der Waals surface area (Å²) >= 11 is 0. The lowest BCUT2D eigenvalue weighted by atomic mass is 10.0. The number of carbonyl (C=O) groups is 1. The lowest BCUT2D eigenvalue weighted by molar-refractivity contribution is -0.139. The number of methoxy groups -OCH3 is 1. The molecule has 0 aliphatic rings. The molecule has 4 nitrogen and oxygen atoms in total. The average molecular weight is 363 g/mol. The Labute approximate surface area is 160 Å². The summed E-state index contributed by atoms with van der Waals surface area (Å²) in [5.74, 6) is -0.249. The van der Waals surface area contributed by atoms with Crippen molar-refractivity contribution in [2.75, 3.05) is 33.3 Å². The van der Waals surface area contributed by atoms with E-state index in [0.717, 1.165) is 26.1 Å². The van der Waals surface area contributed by atoms with Gasteiger partial charge in [-0.2, -0.15) is 0 Å². The molecule has 0 saturated heterocycles. The molecule has 0 heterocycles. The minimum atomic E-state index is -0.249. The Balaban J connectivity index is 0. The molecule has 0 amide bonds. The first kappa shape index (κ1) is 26.3. The standard InChI is InChI=1S/C18H26N2O2.2C2H6/c1-4-11-20(12-5-2)13-10-16-8-6-7-9-17(16)14-19-15-18(21)22-3;2*1-2/h4-9,19H,1-2,10-15H2,3H3;2*1-2H3. The third-order valence-corrected chi connectivity index (χ3v) is 3.40. The molecule has 148 valence electrons. The first-order valence-electron chi connectivity index (χ1n) is 9.49. The number of rotatable bonds is 11. The number of nitrogens with zero attached hydrogens (tertiary/aromatic N) is 1. The van der Waals surface area contributed by atoms with Crippen molar-refractivity contribution in [1.29, 1.82) is 0 Å². The molecule has 4 heteroatoms. The Morgan fingerprint density at radius 1 is 1.08 bits per heavy atom. The van der Waals surface area contributed by atoms with Gasteiger partial charge in [-0.05, 0) is 17.5 Å². The van der Waals surface area contributed by atoms with Crippen molar-refractivity contribution < 1.29 is 9.53 Å². The van der Waals surface area contributed by atoms with Crippen LogP contribution in [0.3, 0.4) is 0 Å². The van der Waals surface area contributed by atoms with Gasteiger partial charge in [-0.15, -0.1) is 13.2 Å². The molecule has 26 heavy (non-hydrogen) atoms. The third-order valence-electron chi connectivity index (χ3n) is 3.40. The lowest BCUT2D eigenvalue weighted by Gasteiger charge is -2.19. The molecule has 0 radical (unpaired) electrons. The van der Waals surface area contributed by atoms with Crippen molar-refractivity contribution in [1.82, 2.24) is 10.2 Å². The zero-order chi connectivity index (χ0) is 20.2. The van der Waals surface area contributed by atoms with Crippen LogP contribution >= 0.6 is 0 Å². The van der Waals surface area contributed by atoms with Gasteiger partial charge in [0, 0.05) is 26.2 Å². The summed E-state index contributed by atoms with van der Waals surface area (Å²) in [6.45, 7) is 19.1. The topological polar surface area (TPSA) is 41.6 Å². The van der Waals surface area contributed by atoms with Crippen LogP contribution in [0, 0.1) is 0 Å². The van der Waals surface area contributed by atoms with Gasteiger partial charge in [-0.1, -0.05) is 64.1 Å². The van der Waals surface area contributed by atoms with Crippen LogP contribution in [0.1, 0.15) is 38.8 Å². The number of hydrogen-bond acceptors (Lipinski definition) is 4. The highest BCUT2D eigenvalue weighted by molar-refractivity contribution is 5.71. The first-order valence-corrected chi connectivity index (χ1v) is 9.49. The van der Waals surface area contributed by atoms with E-state index in [0.29, 0.717) is 6.54 Å². The molecule has 1 aromatic rings. The Kier molecular flexibility index (Phi) is 19.7. The van der Waals surface area contributed by atoms with Crippen molar-refractivity contribution in [2.45, 2.75) is 40.7 Å². The van der Waals surface area contributed by atoms with Gasteiger partial charge in [0.15, 0.2) is 0 Å². The minimum Gasteiger partial charge on any atom is -0.468 e. The molecule has 1 rings (SSSR count). The quantitative estimate of drug-likeness (QED) is 0.473. The summed E-state index contributed by atoms with van der Waals surface area (Å²) in [4.78, 5) is 13.4. The first-order chi connectivity index (χ1) is 12.7. The number of benzene rings is 1. The second-order valence-corrected chi connectivity index (χ2v) is 5.04. The number of esters is 1. The Hall–Kier alpha value is -1.91. The smallest absolute Gasteiger partial charge is 0.319 e. The molecule has 0 spiro atoms. The number of nitrogens with one attached hydrogen (secondary N) is 1. The normalized spacial score (nSPS) is 9.31. The summed E-state index contributed by atoms with van der Waals surface area (Å²) in [5, 5.41) is 3.11. The minimum absolute atomic E-state index is 0.226. The van der Waals surface area contributed by atoms with Crippen molar-refractivity contribution in [3.63, 3.8) is 0 Å². The van der Waals surface area contributed by atoms with E-state index in [1.807, 2.05) is 52.0 Å². The molecule has 0 atom stereocenters. The lowest BCUT2D eigenvalue weighted by Crippen LogP contribution is -2.27. The maximum Gasteiger partial charge on any atom is 0.319 e. The maximum absolute atomic E-state index is 11.1. The summed E-state index contributed by atoms with van der Waals surface area (Å²) < 4.78 is 4.62. The summed E-state index contributed by atoms with van der Waals surface area (Å²) in [6, 6.07) is 8.29. The van der Waals surface area contributed by atoms with Crippen molar-refractivity contribution in [3.05, 3.63) is 60.7 Å². The molecule has 0 aliphatic carbocycles. The van der Waals surface area contributed by atoms with E-state index >= 15 is 0 Å². The van der Waals surface area contributed by atoms with Gasteiger partial charge in [0.1, 0.15) is 0 Å². The van der Waals surface area contributed by atoms with Gasteiger partial charge in [0.05, 0.1) is 13.7 Å². The van der Waals surface area contributed by atoms with Crippen LogP contribution in [0.25, 0.3) is 0 Å². The second-order valence-electron chi connectivity index (χ2n) is 5.04. The van der Waals surface area contributed by atoms with E-state index in [1.165, 1.54) is 18.2 Å². The van der Waals surface area contributed by atoms with E-state index in [-0.39, 0.29) is 12.5 Å². The highest BCUT2D eigenvalue weighted by Gasteiger charge is 2.06. The molecule has 1 aromatic carbocycles. The van der Waals surface area contributed by atoms with Gasteiger partial charge in [0.25, 0.3) is 0 Å². The van der Waals surface area contributed by atoms with Crippen LogP contribution in [0.2, 0.25) is 0 Å². The van der Waals surface area contributed by atoms with Crippen LogP contribution in [0.5, 0.6) is 0 Å². The third kappa shape index (κ3) is 12.5.